The maximum atomic E-state index is 6.09. The summed E-state index contributed by atoms with van der Waals surface area (Å²) < 4.78 is 3.85. The molecule has 0 amide bonds. The highest BCUT2D eigenvalue weighted by molar-refractivity contribution is 6.30. The Bertz CT molecular complexity index is 770. The van der Waals surface area contributed by atoms with E-state index >= 15 is 0 Å². The molecule has 0 spiro atoms. The quantitative estimate of drug-likeness (QED) is 0.806. The van der Waals surface area contributed by atoms with Gasteiger partial charge in [-0.3, -0.25) is 9.25 Å². The molecule has 3 rings (SSSR count). The molecule has 0 fully saturated rings. The van der Waals surface area contributed by atoms with Gasteiger partial charge >= 0.3 is 0 Å². The lowest BCUT2D eigenvalue weighted by Gasteiger charge is -2.07. The molecule has 0 saturated heterocycles. The van der Waals surface area contributed by atoms with E-state index in [1.807, 2.05) is 40.6 Å². The van der Waals surface area contributed by atoms with Crippen molar-refractivity contribution in [3.8, 4) is 0 Å². The number of fused-ring (bicyclic) bond motifs is 1. The van der Waals surface area contributed by atoms with Gasteiger partial charge < -0.3 is 5.73 Å². The largest absolute Gasteiger partial charge is 0.369 e. The molecule has 0 saturated carbocycles. The average molecular weight is 304 g/mol. The van der Waals surface area contributed by atoms with E-state index in [0.29, 0.717) is 12.5 Å². The number of aromatic nitrogens is 4. The summed E-state index contributed by atoms with van der Waals surface area (Å²) in [7, 11) is 1.93. The van der Waals surface area contributed by atoms with Crippen molar-refractivity contribution in [1.29, 1.82) is 0 Å². The van der Waals surface area contributed by atoms with Crippen molar-refractivity contribution in [2.75, 3.05) is 5.73 Å². The van der Waals surface area contributed by atoms with E-state index in [1.54, 1.807) is 0 Å². The fourth-order valence-corrected chi connectivity index (χ4v) is 2.72. The normalized spacial score (nSPS) is 11.4. The Labute approximate surface area is 128 Å². The van der Waals surface area contributed by atoms with Gasteiger partial charge in [0.15, 0.2) is 5.65 Å². The number of anilines is 1. The first-order valence-corrected chi connectivity index (χ1v) is 7.40. The maximum Gasteiger partial charge on any atom is 0.202 e. The van der Waals surface area contributed by atoms with Crippen molar-refractivity contribution >= 4 is 28.7 Å². The fourth-order valence-electron chi connectivity index (χ4n) is 2.59. The van der Waals surface area contributed by atoms with Gasteiger partial charge in [-0.05, 0) is 24.1 Å². The van der Waals surface area contributed by atoms with Crippen molar-refractivity contribution in [2.24, 2.45) is 7.05 Å². The van der Waals surface area contributed by atoms with Gasteiger partial charge in [0.25, 0.3) is 0 Å². The molecule has 2 N–H and O–H groups in total. The third-order valence-electron chi connectivity index (χ3n) is 3.56. The second-order valence-electron chi connectivity index (χ2n) is 5.18. The molecule has 0 unspecified atom stereocenters. The second kappa shape index (κ2) is 5.41. The lowest BCUT2D eigenvalue weighted by molar-refractivity contribution is 0.712. The highest BCUT2D eigenvalue weighted by atomic mass is 35.5. The Morgan fingerprint density at radius 3 is 2.62 bits per heavy atom. The summed E-state index contributed by atoms with van der Waals surface area (Å²) in [6, 6.07) is 7.76. The zero-order valence-electron chi connectivity index (χ0n) is 12.2. The highest BCUT2D eigenvalue weighted by Gasteiger charge is 2.17. The lowest BCUT2D eigenvalue weighted by Crippen LogP contribution is -2.08. The number of nitrogen functional groups attached to an aromatic ring is 1. The van der Waals surface area contributed by atoms with Crippen LogP contribution in [0.1, 0.15) is 24.6 Å². The number of hydrogen-bond acceptors (Lipinski definition) is 3. The van der Waals surface area contributed by atoms with E-state index < -0.39 is 0 Å². The number of imidazole rings is 1. The van der Waals surface area contributed by atoms with Gasteiger partial charge in [0, 0.05) is 12.1 Å². The average Bonchev–Trinajstić information content (AvgIpc) is 2.92. The molecule has 2 heterocycles. The summed E-state index contributed by atoms with van der Waals surface area (Å²) >= 11 is 5.93. The third-order valence-corrected chi connectivity index (χ3v) is 3.81. The van der Waals surface area contributed by atoms with Crippen LogP contribution in [0.3, 0.4) is 0 Å². The molecule has 0 aliphatic carbocycles. The molecule has 0 aliphatic heterocycles. The van der Waals surface area contributed by atoms with Gasteiger partial charge in [0.05, 0.1) is 12.2 Å². The first-order chi connectivity index (χ1) is 10.1. The van der Waals surface area contributed by atoms with Crippen molar-refractivity contribution in [3.05, 3.63) is 40.5 Å². The summed E-state index contributed by atoms with van der Waals surface area (Å²) in [5, 5.41) is 5.28. The minimum atomic E-state index is 0.519. The highest BCUT2D eigenvalue weighted by Crippen LogP contribution is 2.23. The van der Waals surface area contributed by atoms with Crippen LogP contribution in [0.2, 0.25) is 5.02 Å². The summed E-state index contributed by atoms with van der Waals surface area (Å²) in [5.74, 6) is 0.519. The van der Waals surface area contributed by atoms with Crippen LogP contribution in [-0.2, 0) is 20.0 Å². The number of nitrogens with zero attached hydrogens (tertiary/aromatic N) is 4. The van der Waals surface area contributed by atoms with Crippen LogP contribution in [0.25, 0.3) is 11.2 Å². The van der Waals surface area contributed by atoms with Gasteiger partial charge in [-0.25, -0.2) is 4.98 Å². The molecule has 0 atom stereocenters. The molecular formula is C15H18ClN5. The van der Waals surface area contributed by atoms with Gasteiger partial charge in [0.1, 0.15) is 5.52 Å². The fraction of sp³-hybridized carbons (Fsp3) is 0.333. The standard InChI is InChI=1S/C15H18ClN5/c1-3-4-12-13-14(20(2)19-12)21(15(17)18-13)9-10-5-7-11(16)8-6-10/h5-8H,3-4,9H2,1-2H3,(H2,17,18). The van der Waals surface area contributed by atoms with Crippen LogP contribution in [0.15, 0.2) is 24.3 Å². The summed E-state index contributed by atoms with van der Waals surface area (Å²) in [5.41, 5.74) is 10.1. The van der Waals surface area contributed by atoms with Crippen LogP contribution in [0, 0.1) is 0 Å². The van der Waals surface area contributed by atoms with Gasteiger partial charge in [-0.2, -0.15) is 5.10 Å². The van der Waals surface area contributed by atoms with E-state index in [2.05, 4.69) is 17.0 Å². The predicted octanol–water partition coefficient (Wildman–Crippen LogP) is 3.01. The van der Waals surface area contributed by atoms with Gasteiger partial charge in [-0.15, -0.1) is 0 Å². The zero-order valence-corrected chi connectivity index (χ0v) is 12.9. The number of nitrogens with two attached hydrogens (primary N) is 1. The molecule has 0 aliphatic rings. The molecule has 0 bridgehead atoms. The van der Waals surface area contributed by atoms with E-state index in [1.165, 1.54) is 0 Å². The molecule has 2 aromatic heterocycles. The molecule has 6 heteroatoms. The maximum absolute atomic E-state index is 6.09. The van der Waals surface area contributed by atoms with E-state index in [4.69, 9.17) is 17.3 Å². The molecule has 110 valence electrons. The van der Waals surface area contributed by atoms with Gasteiger partial charge in [0.2, 0.25) is 5.95 Å². The van der Waals surface area contributed by atoms with E-state index in [-0.39, 0.29) is 0 Å². The number of benzene rings is 1. The van der Waals surface area contributed by atoms with Crippen LogP contribution in [0.4, 0.5) is 5.95 Å². The van der Waals surface area contributed by atoms with E-state index in [9.17, 15) is 0 Å². The van der Waals surface area contributed by atoms with Gasteiger partial charge in [-0.1, -0.05) is 37.1 Å². The molecule has 5 nitrogen and oxygen atoms in total. The Balaban J connectivity index is 2.05. The van der Waals surface area contributed by atoms with Crippen molar-refractivity contribution < 1.29 is 0 Å². The molecule has 21 heavy (non-hydrogen) atoms. The van der Waals surface area contributed by atoms with E-state index in [0.717, 1.165) is 40.3 Å². The minimum Gasteiger partial charge on any atom is -0.369 e. The smallest absolute Gasteiger partial charge is 0.202 e. The van der Waals surface area contributed by atoms with Crippen LogP contribution < -0.4 is 5.73 Å². The Morgan fingerprint density at radius 2 is 1.95 bits per heavy atom. The SMILES string of the molecule is CCCc1nn(C)c2c1nc(N)n2Cc1ccc(Cl)cc1. The van der Waals surface area contributed by atoms with Crippen LogP contribution in [-0.4, -0.2) is 19.3 Å². The first-order valence-electron chi connectivity index (χ1n) is 7.02. The lowest BCUT2D eigenvalue weighted by atomic mass is 10.2. The van der Waals surface area contributed by atoms with Crippen molar-refractivity contribution in [2.45, 2.75) is 26.3 Å². The van der Waals surface area contributed by atoms with Crippen molar-refractivity contribution in [3.63, 3.8) is 0 Å². The topological polar surface area (TPSA) is 61.7 Å². The Morgan fingerprint density at radius 1 is 1.24 bits per heavy atom. The Kier molecular flexibility index (Phi) is 3.59. The monoisotopic (exact) mass is 303 g/mol. The van der Waals surface area contributed by atoms with Crippen LogP contribution >= 0.6 is 11.6 Å². The first kappa shape index (κ1) is 13.9. The predicted molar refractivity (Wildman–Crippen MR) is 85.5 cm³/mol. The van der Waals surface area contributed by atoms with Crippen molar-refractivity contribution in [1.82, 2.24) is 19.3 Å². The second-order valence-corrected chi connectivity index (χ2v) is 5.61. The number of hydrogen-bond donors (Lipinski definition) is 1. The number of halogens is 1. The number of rotatable bonds is 4. The molecule has 0 radical (unpaired) electrons. The Hall–Kier alpha value is -2.01. The summed E-state index contributed by atoms with van der Waals surface area (Å²) in [6.07, 6.45) is 1.95. The zero-order chi connectivity index (χ0) is 15.0. The number of aryl methyl sites for hydroxylation is 2. The minimum absolute atomic E-state index is 0.519. The molecule has 3 aromatic rings. The van der Waals surface area contributed by atoms with Crippen LogP contribution in [0.5, 0.6) is 0 Å². The summed E-state index contributed by atoms with van der Waals surface area (Å²) in [4.78, 5) is 4.50. The summed E-state index contributed by atoms with van der Waals surface area (Å²) in [6.45, 7) is 2.79. The molecular weight excluding hydrogens is 286 g/mol. The third kappa shape index (κ3) is 2.49. The molecule has 1 aromatic carbocycles.